The number of methoxy groups -OCH3 is 1. The summed E-state index contributed by atoms with van der Waals surface area (Å²) in [5.74, 6) is -3.02. The normalized spacial score (nSPS) is 11.6. The van der Waals surface area contributed by atoms with E-state index in [9.17, 15) is 13.6 Å². The van der Waals surface area contributed by atoms with Crippen LogP contribution in [0.25, 0.3) is 11.3 Å². The standard InChI is InChI=1S/C22H31F2N3O2.C3H8O.C2H6.H2/c1-8-22(23,24)18-13-17(16-11-9-15(2)10-12-16)27(26-18)14-21(6,7)25-19(28)29-20(3,4)5;1-3-4-2;1-2;/h9-13H,8,14H2,1-7H3,(H,25,28);3H2,1-2H3;1-2H3;1H. The van der Waals surface area contributed by atoms with Crippen LogP contribution in [0.4, 0.5) is 13.6 Å². The average Bonchev–Trinajstić information content (AvgIpc) is 3.17. The summed E-state index contributed by atoms with van der Waals surface area (Å²) in [6, 6.07) is 9.04. The van der Waals surface area contributed by atoms with Crippen molar-refractivity contribution >= 4 is 6.09 Å². The fourth-order valence-electron chi connectivity index (χ4n) is 2.85. The van der Waals surface area contributed by atoms with E-state index >= 15 is 0 Å². The van der Waals surface area contributed by atoms with Crippen LogP contribution in [0.5, 0.6) is 0 Å². The number of rotatable bonds is 7. The van der Waals surface area contributed by atoms with Crippen LogP contribution in [0.3, 0.4) is 0 Å². The van der Waals surface area contributed by atoms with Gasteiger partial charge < -0.3 is 14.8 Å². The number of carbonyl (C=O) groups is 1. The van der Waals surface area contributed by atoms with Crippen LogP contribution in [0.15, 0.2) is 30.3 Å². The van der Waals surface area contributed by atoms with E-state index in [2.05, 4.69) is 15.2 Å². The number of amides is 1. The topological polar surface area (TPSA) is 65.4 Å². The summed E-state index contributed by atoms with van der Waals surface area (Å²) >= 11 is 0. The largest absolute Gasteiger partial charge is 0.444 e. The van der Waals surface area contributed by atoms with Crippen LogP contribution >= 0.6 is 0 Å². The van der Waals surface area contributed by atoms with Crippen molar-refractivity contribution < 1.29 is 24.5 Å². The molecule has 202 valence electrons. The number of alkyl carbamates (subject to hydrolysis) is 1. The summed E-state index contributed by atoms with van der Waals surface area (Å²) < 4.78 is 40.0. The highest BCUT2D eigenvalue weighted by Crippen LogP contribution is 2.34. The minimum absolute atomic E-state index is 0. The molecule has 1 amide bonds. The van der Waals surface area contributed by atoms with E-state index in [-0.39, 0.29) is 20.1 Å². The number of nitrogens with one attached hydrogen (secondary N) is 1. The molecule has 0 aliphatic rings. The molecule has 1 aromatic carbocycles. The first kappa shape index (κ1) is 32.5. The first-order valence-electron chi connectivity index (χ1n) is 12.2. The second-order valence-electron chi connectivity index (χ2n) is 9.58. The number of benzene rings is 1. The van der Waals surface area contributed by atoms with E-state index in [4.69, 9.17) is 4.74 Å². The highest BCUT2D eigenvalue weighted by Gasteiger charge is 2.34. The summed E-state index contributed by atoms with van der Waals surface area (Å²) in [6.45, 7) is 19.3. The van der Waals surface area contributed by atoms with Crippen LogP contribution in [0.2, 0.25) is 0 Å². The maximum absolute atomic E-state index is 14.3. The van der Waals surface area contributed by atoms with E-state index in [0.29, 0.717) is 5.69 Å². The van der Waals surface area contributed by atoms with Crippen molar-refractivity contribution in [2.75, 3.05) is 13.7 Å². The van der Waals surface area contributed by atoms with Gasteiger partial charge in [-0.1, -0.05) is 50.6 Å². The Balaban J connectivity index is 0. The van der Waals surface area contributed by atoms with Gasteiger partial charge in [0, 0.05) is 21.6 Å². The number of halogens is 2. The van der Waals surface area contributed by atoms with Crippen molar-refractivity contribution in [2.24, 2.45) is 0 Å². The van der Waals surface area contributed by atoms with Crippen molar-refractivity contribution in [3.05, 3.63) is 41.6 Å². The van der Waals surface area contributed by atoms with Gasteiger partial charge in [-0.3, -0.25) is 4.68 Å². The smallest absolute Gasteiger partial charge is 0.408 e. The average molecular weight is 500 g/mol. The molecule has 2 rings (SSSR count). The van der Waals surface area contributed by atoms with Crippen LogP contribution in [0, 0.1) is 6.92 Å². The molecule has 0 atom stereocenters. The van der Waals surface area contributed by atoms with E-state index in [1.54, 1.807) is 41.7 Å². The van der Waals surface area contributed by atoms with Gasteiger partial charge in [0.25, 0.3) is 5.92 Å². The highest BCUT2D eigenvalue weighted by molar-refractivity contribution is 5.68. The van der Waals surface area contributed by atoms with Crippen LogP contribution in [-0.4, -0.2) is 40.7 Å². The van der Waals surface area contributed by atoms with Crippen LogP contribution < -0.4 is 5.32 Å². The monoisotopic (exact) mass is 499 g/mol. The molecule has 0 saturated carbocycles. The molecule has 1 N–H and O–H groups in total. The Labute approximate surface area is 211 Å². The van der Waals surface area contributed by atoms with Gasteiger partial charge in [-0.05, 0) is 60.1 Å². The molecule has 35 heavy (non-hydrogen) atoms. The second-order valence-corrected chi connectivity index (χ2v) is 9.58. The number of aromatic nitrogens is 2. The minimum atomic E-state index is -3.02. The Kier molecular flexibility index (Phi) is 13.2. The zero-order valence-corrected chi connectivity index (χ0v) is 23.4. The predicted octanol–water partition coefficient (Wildman–Crippen LogP) is 7.59. The highest BCUT2D eigenvalue weighted by atomic mass is 19.3. The van der Waals surface area contributed by atoms with Gasteiger partial charge in [0.2, 0.25) is 0 Å². The van der Waals surface area contributed by atoms with E-state index in [1.807, 2.05) is 52.0 Å². The molecule has 0 aliphatic heterocycles. The molecule has 8 heteroatoms. The molecule has 1 heterocycles. The van der Waals surface area contributed by atoms with Crippen molar-refractivity contribution in [1.82, 2.24) is 15.1 Å². The zero-order valence-electron chi connectivity index (χ0n) is 23.4. The Hall–Kier alpha value is -2.48. The van der Waals surface area contributed by atoms with E-state index < -0.39 is 23.2 Å². The fourth-order valence-corrected chi connectivity index (χ4v) is 2.85. The summed E-state index contributed by atoms with van der Waals surface area (Å²) in [7, 11) is 1.68. The lowest BCUT2D eigenvalue weighted by atomic mass is 10.0. The van der Waals surface area contributed by atoms with Gasteiger partial charge in [-0.2, -0.15) is 13.9 Å². The first-order chi connectivity index (χ1) is 16.1. The molecule has 0 unspecified atom stereocenters. The van der Waals surface area contributed by atoms with Crippen LogP contribution in [-0.2, 0) is 21.9 Å². The lowest BCUT2D eigenvalue weighted by Gasteiger charge is -2.29. The predicted molar refractivity (Wildman–Crippen MR) is 141 cm³/mol. The lowest BCUT2D eigenvalue weighted by molar-refractivity contribution is -0.0136. The molecule has 1 aromatic heterocycles. The molecular weight excluding hydrogens is 452 g/mol. The third-order valence-electron chi connectivity index (χ3n) is 4.62. The summed E-state index contributed by atoms with van der Waals surface area (Å²) in [4.78, 5) is 12.2. The third-order valence-corrected chi connectivity index (χ3v) is 4.62. The summed E-state index contributed by atoms with van der Waals surface area (Å²) in [6.07, 6.45) is -0.901. The molecule has 0 bridgehead atoms. The molecule has 0 saturated heterocycles. The van der Waals surface area contributed by atoms with Crippen molar-refractivity contribution in [1.29, 1.82) is 0 Å². The first-order valence-corrected chi connectivity index (χ1v) is 12.2. The minimum Gasteiger partial charge on any atom is -0.444 e. The number of carbonyl (C=O) groups excluding carboxylic acids is 1. The molecule has 0 spiro atoms. The number of alkyl halides is 2. The van der Waals surface area contributed by atoms with Crippen molar-refractivity contribution in [3.63, 3.8) is 0 Å². The van der Waals surface area contributed by atoms with Gasteiger partial charge in [-0.15, -0.1) is 0 Å². The summed E-state index contributed by atoms with van der Waals surface area (Å²) in [5, 5.41) is 6.99. The Morgan fingerprint density at radius 2 is 1.60 bits per heavy atom. The zero-order chi connectivity index (χ0) is 27.4. The second kappa shape index (κ2) is 14.2. The number of hydrogen-bond acceptors (Lipinski definition) is 4. The number of ether oxygens (including phenoxy) is 2. The van der Waals surface area contributed by atoms with E-state index in [0.717, 1.165) is 17.7 Å². The SMILES string of the molecule is CC.CCC(F)(F)c1cc(-c2ccc(C)cc2)n(CC(C)(C)NC(=O)OC(C)(C)C)n1.CCOC.[HH]. The lowest BCUT2D eigenvalue weighted by Crippen LogP contribution is -2.48. The van der Waals surface area contributed by atoms with Gasteiger partial charge in [0.15, 0.2) is 0 Å². The van der Waals surface area contributed by atoms with Gasteiger partial charge in [0.1, 0.15) is 11.3 Å². The Bertz CT molecular complexity index is 891. The molecule has 6 nitrogen and oxygen atoms in total. The van der Waals surface area contributed by atoms with E-state index in [1.165, 1.54) is 17.7 Å². The van der Waals surface area contributed by atoms with Gasteiger partial charge >= 0.3 is 6.09 Å². The van der Waals surface area contributed by atoms with Crippen molar-refractivity contribution in [3.8, 4) is 11.3 Å². The number of aryl methyl sites for hydroxylation is 1. The van der Waals surface area contributed by atoms with Crippen LogP contribution in [0.1, 0.15) is 81.4 Å². The quantitative estimate of drug-likeness (QED) is 0.426. The molecule has 0 fully saturated rings. The fraction of sp³-hybridized carbons (Fsp3) is 0.630. The van der Waals surface area contributed by atoms with Crippen molar-refractivity contribution in [2.45, 2.75) is 99.3 Å². The number of nitrogens with zero attached hydrogens (tertiary/aromatic N) is 2. The van der Waals surface area contributed by atoms with Gasteiger partial charge in [-0.25, -0.2) is 4.79 Å². The Morgan fingerprint density at radius 3 is 2.03 bits per heavy atom. The molecular formula is C27H47F2N3O3. The maximum atomic E-state index is 14.3. The molecule has 2 aromatic rings. The maximum Gasteiger partial charge on any atom is 0.408 e. The summed E-state index contributed by atoms with van der Waals surface area (Å²) in [5.41, 5.74) is 0.762. The van der Waals surface area contributed by atoms with Gasteiger partial charge in [0.05, 0.1) is 17.8 Å². The molecule has 0 radical (unpaired) electrons. The Morgan fingerprint density at radius 1 is 1.09 bits per heavy atom. The number of hydrogen-bond donors (Lipinski definition) is 1. The molecule has 0 aliphatic carbocycles. The third kappa shape index (κ3) is 11.7.